The third-order valence-corrected chi connectivity index (χ3v) is 5.33. The highest BCUT2D eigenvalue weighted by Gasteiger charge is 2.37. The number of oxime groups is 1. The maximum absolute atomic E-state index is 5.54. The molecular formula is C30H56N4O2. The summed E-state index contributed by atoms with van der Waals surface area (Å²) >= 11 is 0. The first-order chi connectivity index (χ1) is 17.1. The van der Waals surface area contributed by atoms with E-state index >= 15 is 0 Å². The second kappa shape index (κ2) is 22.1. The highest BCUT2D eigenvalue weighted by atomic mass is 16.6. The van der Waals surface area contributed by atoms with E-state index in [4.69, 9.17) is 9.57 Å². The Morgan fingerprint density at radius 3 is 2.22 bits per heavy atom. The summed E-state index contributed by atoms with van der Waals surface area (Å²) in [5.74, 6) is 0.923. The van der Waals surface area contributed by atoms with Crippen LogP contribution in [0.25, 0.3) is 0 Å². The molecule has 1 aromatic rings. The van der Waals surface area contributed by atoms with Crippen LogP contribution >= 0.6 is 0 Å². The molecule has 0 N–H and O–H groups in total. The minimum Gasteiger partial charge on any atom is -0.476 e. The summed E-state index contributed by atoms with van der Waals surface area (Å²) in [5.41, 5.74) is 3.32. The molecule has 0 aliphatic carbocycles. The molecule has 0 fully saturated rings. The van der Waals surface area contributed by atoms with Gasteiger partial charge in [0.15, 0.2) is 0 Å². The smallest absolute Gasteiger partial charge is 0.222 e. The molecule has 0 spiro atoms. The molecule has 0 amide bonds. The number of nitrogens with zero attached hydrogens (tertiary/aromatic N) is 4. The molecule has 6 heteroatoms. The molecule has 3 rings (SSSR count). The lowest BCUT2D eigenvalue weighted by Crippen LogP contribution is -2.37. The molecular weight excluding hydrogens is 448 g/mol. The summed E-state index contributed by atoms with van der Waals surface area (Å²) in [7, 11) is 4.26. The molecule has 0 bridgehead atoms. The van der Waals surface area contributed by atoms with Crippen molar-refractivity contribution in [3.05, 3.63) is 48.2 Å². The summed E-state index contributed by atoms with van der Waals surface area (Å²) in [6.07, 6.45) is 6.92. The lowest BCUT2D eigenvalue weighted by atomic mass is 9.93. The minimum absolute atomic E-state index is 0.110. The monoisotopic (exact) mass is 504 g/mol. The number of aromatic nitrogens is 1. The van der Waals surface area contributed by atoms with Gasteiger partial charge in [-0.1, -0.05) is 43.7 Å². The Hall–Kier alpha value is -2.18. The van der Waals surface area contributed by atoms with Gasteiger partial charge in [-0.25, -0.2) is 4.98 Å². The number of fused-ring (bicyclic) bond motifs is 3. The van der Waals surface area contributed by atoms with Crippen LogP contribution in [0.5, 0.6) is 5.88 Å². The summed E-state index contributed by atoms with van der Waals surface area (Å²) in [6.45, 7) is 28.4. The van der Waals surface area contributed by atoms with Crippen LogP contribution in [0.1, 0.15) is 81.2 Å². The fourth-order valence-electron chi connectivity index (χ4n) is 3.08. The van der Waals surface area contributed by atoms with E-state index < -0.39 is 0 Å². The van der Waals surface area contributed by atoms with Crippen molar-refractivity contribution >= 4 is 5.71 Å². The zero-order chi connectivity index (χ0) is 28.1. The lowest BCUT2D eigenvalue weighted by molar-refractivity contribution is 0.0619. The van der Waals surface area contributed by atoms with Crippen molar-refractivity contribution in [2.45, 2.75) is 87.8 Å². The lowest BCUT2D eigenvalue weighted by Gasteiger charge is -2.27. The molecule has 3 heterocycles. The molecule has 0 aromatic carbocycles. The zero-order valence-corrected chi connectivity index (χ0v) is 25.5. The predicted octanol–water partition coefficient (Wildman–Crippen LogP) is 7.07. The van der Waals surface area contributed by atoms with Crippen LogP contribution in [0.4, 0.5) is 0 Å². The van der Waals surface area contributed by atoms with Gasteiger partial charge in [-0.3, -0.25) is 4.90 Å². The Morgan fingerprint density at radius 1 is 1.17 bits per heavy atom. The van der Waals surface area contributed by atoms with Crippen molar-refractivity contribution in [2.24, 2.45) is 11.1 Å². The van der Waals surface area contributed by atoms with Gasteiger partial charge in [0.05, 0.1) is 11.5 Å². The molecule has 36 heavy (non-hydrogen) atoms. The molecule has 6 nitrogen and oxygen atoms in total. The van der Waals surface area contributed by atoms with E-state index in [1.165, 1.54) is 25.1 Å². The molecule has 0 saturated heterocycles. The number of hydrogen-bond donors (Lipinski definition) is 0. The molecule has 2 aliphatic heterocycles. The van der Waals surface area contributed by atoms with E-state index in [2.05, 4.69) is 81.3 Å². The fourth-order valence-corrected chi connectivity index (χ4v) is 3.08. The molecule has 0 radical (unpaired) electrons. The summed E-state index contributed by atoms with van der Waals surface area (Å²) < 4.78 is 5.54. The van der Waals surface area contributed by atoms with Gasteiger partial charge in [0.2, 0.25) is 5.88 Å². The van der Waals surface area contributed by atoms with E-state index in [1.807, 2.05) is 46.8 Å². The van der Waals surface area contributed by atoms with Crippen molar-refractivity contribution in [1.29, 1.82) is 0 Å². The molecule has 208 valence electrons. The Bertz CT molecular complexity index is 740. The maximum Gasteiger partial charge on any atom is 0.222 e. The van der Waals surface area contributed by atoms with Crippen molar-refractivity contribution in [1.82, 2.24) is 14.8 Å². The van der Waals surface area contributed by atoms with Crippen molar-refractivity contribution in [3.8, 4) is 5.88 Å². The SMILES string of the molecule is C=CC.CC.CC1ON=C2c3cccnc3OCC21.CC=C(C)C.CCCN(CCN(C)C)C(C)C. The number of pyridine rings is 1. The first-order valence-electron chi connectivity index (χ1n) is 13.5. The van der Waals surface area contributed by atoms with Crippen molar-refractivity contribution < 1.29 is 9.57 Å². The van der Waals surface area contributed by atoms with Gasteiger partial charge in [0, 0.05) is 25.3 Å². The van der Waals surface area contributed by atoms with Crippen LogP contribution < -0.4 is 4.74 Å². The number of hydrogen-bond acceptors (Lipinski definition) is 6. The van der Waals surface area contributed by atoms with Gasteiger partial charge in [-0.05, 0) is 87.7 Å². The third-order valence-electron chi connectivity index (χ3n) is 5.33. The largest absolute Gasteiger partial charge is 0.476 e. The van der Waals surface area contributed by atoms with Crippen LogP contribution in [0.15, 0.2) is 47.8 Å². The molecule has 1 aromatic heterocycles. The number of rotatable bonds is 6. The van der Waals surface area contributed by atoms with Crippen molar-refractivity contribution in [3.63, 3.8) is 0 Å². The zero-order valence-electron chi connectivity index (χ0n) is 25.5. The summed E-state index contributed by atoms with van der Waals surface area (Å²) in [4.78, 5) is 14.2. The Labute approximate surface area is 223 Å². The van der Waals surface area contributed by atoms with Gasteiger partial charge in [-0.15, -0.1) is 6.58 Å². The maximum atomic E-state index is 5.54. The van der Waals surface area contributed by atoms with Crippen LogP contribution in [-0.2, 0) is 4.84 Å². The van der Waals surface area contributed by atoms with Gasteiger partial charge in [-0.2, -0.15) is 0 Å². The van der Waals surface area contributed by atoms with Gasteiger partial charge in [0.1, 0.15) is 18.4 Å². The average Bonchev–Trinajstić information content (AvgIpc) is 3.25. The first-order valence-corrected chi connectivity index (χ1v) is 13.5. The highest BCUT2D eigenvalue weighted by molar-refractivity contribution is 6.05. The third kappa shape index (κ3) is 15.0. The van der Waals surface area contributed by atoms with Crippen LogP contribution in [-0.4, -0.2) is 73.0 Å². The molecule has 2 atom stereocenters. The van der Waals surface area contributed by atoms with E-state index in [-0.39, 0.29) is 12.0 Å². The number of likely N-dealkylation sites (N-methyl/N-ethyl adjacent to an activating group) is 1. The minimum atomic E-state index is 0.110. The highest BCUT2D eigenvalue weighted by Crippen LogP contribution is 2.31. The molecule has 0 saturated carbocycles. The van der Waals surface area contributed by atoms with E-state index in [9.17, 15) is 0 Å². The van der Waals surface area contributed by atoms with Crippen LogP contribution in [0.3, 0.4) is 0 Å². The number of ether oxygens (including phenoxy) is 1. The Kier molecular flexibility index (Phi) is 22.0. The first kappa shape index (κ1) is 36.0. The van der Waals surface area contributed by atoms with E-state index in [0.717, 1.165) is 17.8 Å². The standard InChI is InChI=1S/C10H10N2O2.C10H24N2.C5H10.C3H6.C2H6/c1-6-8-5-13-10-7(3-2-4-11-10)9(8)12-14-6;1-6-7-12(10(2)3)9-8-11(4)5;1-4-5(2)3;1-3-2;1-2/h2-4,6,8H,5H2,1H3;10H,6-9H2,1-5H3;4H,1-3H3;3H,1H2,2H3;1-2H3. The fraction of sp³-hybridized carbons (Fsp3) is 0.667. The number of allylic oxidation sites excluding steroid dienone is 3. The van der Waals surface area contributed by atoms with Gasteiger partial charge >= 0.3 is 0 Å². The second-order valence-corrected chi connectivity index (χ2v) is 9.27. The Morgan fingerprint density at radius 2 is 1.75 bits per heavy atom. The second-order valence-electron chi connectivity index (χ2n) is 9.27. The van der Waals surface area contributed by atoms with Crippen LogP contribution in [0.2, 0.25) is 0 Å². The molecule has 2 unspecified atom stereocenters. The summed E-state index contributed by atoms with van der Waals surface area (Å²) in [6, 6.07) is 4.54. The summed E-state index contributed by atoms with van der Waals surface area (Å²) in [5, 5.41) is 4.08. The predicted molar refractivity (Wildman–Crippen MR) is 158 cm³/mol. The Balaban J connectivity index is 0. The normalized spacial score (nSPS) is 16.5. The average molecular weight is 505 g/mol. The molecule has 2 aliphatic rings. The van der Waals surface area contributed by atoms with Crippen molar-refractivity contribution in [2.75, 3.05) is 40.3 Å². The van der Waals surface area contributed by atoms with Crippen LogP contribution in [0, 0.1) is 5.92 Å². The van der Waals surface area contributed by atoms with Gasteiger partial charge in [0.25, 0.3) is 0 Å². The van der Waals surface area contributed by atoms with E-state index in [1.54, 1.807) is 12.3 Å². The quantitative estimate of drug-likeness (QED) is 0.388. The topological polar surface area (TPSA) is 50.2 Å². The van der Waals surface area contributed by atoms with Gasteiger partial charge < -0.3 is 14.5 Å². The van der Waals surface area contributed by atoms with E-state index in [0.29, 0.717) is 18.5 Å².